The van der Waals surface area contributed by atoms with E-state index in [1.54, 1.807) is 25.5 Å². The van der Waals surface area contributed by atoms with Gasteiger partial charge in [0.2, 0.25) is 23.6 Å². The summed E-state index contributed by atoms with van der Waals surface area (Å²) in [5.74, 6) is 1.92. The number of methoxy groups -OCH3 is 1. The monoisotopic (exact) mass is 441 g/mol. The lowest BCUT2D eigenvalue weighted by molar-refractivity contribution is -0.134. The minimum atomic E-state index is -0.296. The molecular formula is C20H27N9O3. The summed E-state index contributed by atoms with van der Waals surface area (Å²) in [6.45, 7) is 5.42. The first-order chi connectivity index (χ1) is 15.6. The van der Waals surface area contributed by atoms with Crippen molar-refractivity contribution in [3.63, 3.8) is 0 Å². The largest absolute Gasteiger partial charge is 0.461 e. The molecule has 0 aliphatic carbocycles. The van der Waals surface area contributed by atoms with E-state index in [1.165, 1.54) is 4.52 Å². The molecule has 5 heterocycles. The van der Waals surface area contributed by atoms with E-state index in [2.05, 4.69) is 25.0 Å². The predicted molar refractivity (Wildman–Crippen MR) is 116 cm³/mol. The molecule has 3 aromatic rings. The summed E-state index contributed by atoms with van der Waals surface area (Å²) in [4.78, 5) is 32.9. The zero-order valence-corrected chi connectivity index (χ0v) is 18.1. The Bertz CT molecular complexity index is 1080. The Morgan fingerprint density at radius 3 is 2.81 bits per heavy atom. The summed E-state index contributed by atoms with van der Waals surface area (Å²) in [6.07, 6.45) is 3.21. The quantitative estimate of drug-likeness (QED) is 0.563. The highest BCUT2D eigenvalue weighted by Crippen LogP contribution is 2.26. The standard InChI is InChI=1S/C20H27N9O3/c1-31-13-11-26-7-9-27(10-8-26)17(30)14-4-2-6-28(14)19-23-18(21)29-20(24-19)22-16(25-29)15-5-3-12-32-15/h3,5,12,14H,2,4,6-11,13H2,1H3,(H2,21,22,23,24,25)/t14-/m1/s1. The smallest absolute Gasteiger partial charge is 0.259 e. The van der Waals surface area contributed by atoms with E-state index in [4.69, 9.17) is 14.9 Å². The Hall–Kier alpha value is -3.25. The van der Waals surface area contributed by atoms with Crippen molar-refractivity contribution in [3.8, 4) is 11.6 Å². The Morgan fingerprint density at radius 2 is 2.06 bits per heavy atom. The van der Waals surface area contributed by atoms with Gasteiger partial charge in [0, 0.05) is 46.4 Å². The number of hydrogen-bond donors (Lipinski definition) is 1. The lowest BCUT2D eigenvalue weighted by Crippen LogP contribution is -2.54. The first-order valence-corrected chi connectivity index (χ1v) is 10.8. The van der Waals surface area contributed by atoms with Gasteiger partial charge in [-0.15, -0.1) is 5.10 Å². The zero-order valence-electron chi connectivity index (χ0n) is 18.1. The number of nitrogen functional groups attached to an aromatic ring is 1. The van der Waals surface area contributed by atoms with Crippen LogP contribution in [0.2, 0.25) is 0 Å². The van der Waals surface area contributed by atoms with E-state index in [9.17, 15) is 4.79 Å². The van der Waals surface area contributed by atoms with Crippen LogP contribution in [0.25, 0.3) is 17.4 Å². The van der Waals surface area contributed by atoms with Gasteiger partial charge in [-0.3, -0.25) is 9.69 Å². The van der Waals surface area contributed by atoms with Gasteiger partial charge in [0.25, 0.3) is 5.78 Å². The molecule has 12 heteroatoms. The number of hydrogen-bond acceptors (Lipinski definition) is 10. The average Bonchev–Trinajstić information content (AvgIpc) is 3.57. The molecular weight excluding hydrogens is 414 g/mol. The molecule has 3 aromatic heterocycles. The lowest BCUT2D eigenvalue weighted by atomic mass is 10.1. The number of fused-ring (bicyclic) bond motifs is 1. The molecule has 0 bridgehead atoms. The van der Waals surface area contributed by atoms with Crippen LogP contribution in [0.4, 0.5) is 11.9 Å². The van der Waals surface area contributed by atoms with Crippen molar-refractivity contribution >= 4 is 23.6 Å². The van der Waals surface area contributed by atoms with E-state index < -0.39 is 0 Å². The summed E-state index contributed by atoms with van der Waals surface area (Å²) in [5, 5.41) is 4.33. The first-order valence-electron chi connectivity index (χ1n) is 10.8. The number of furan rings is 1. The van der Waals surface area contributed by atoms with Crippen LogP contribution in [-0.2, 0) is 9.53 Å². The molecule has 12 nitrogen and oxygen atoms in total. The van der Waals surface area contributed by atoms with Crippen LogP contribution in [0, 0.1) is 0 Å². The van der Waals surface area contributed by atoms with E-state index in [-0.39, 0.29) is 17.9 Å². The molecule has 2 saturated heterocycles. The Balaban J connectivity index is 1.33. The van der Waals surface area contributed by atoms with E-state index in [0.717, 1.165) is 32.5 Å². The maximum Gasteiger partial charge on any atom is 0.259 e. The highest BCUT2D eigenvalue weighted by Gasteiger charge is 2.36. The van der Waals surface area contributed by atoms with Crippen LogP contribution < -0.4 is 10.6 Å². The van der Waals surface area contributed by atoms with Gasteiger partial charge in [0.1, 0.15) is 6.04 Å². The molecule has 0 spiro atoms. The average molecular weight is 441 g/mol. The number of carbonyl (C=O) groups excluding carboxylic acids is 1. The van der Waals surface area contributed by atoms with Crippen LogP contribution >= 0.6 is 0 Å². The number of aromatic nitrogens is 5. The third-order valence-electron chi connectivity index (χ3n) is 6.05. The fraction of sp³-hybridized carbons (Fsp3) is 0.550. The van der Waals surface area contributed by atoms with Crippen molar-refractivity contribution in [2.75, 3.05) is 63.6 Å². The van der Waals surface area contributed by atoms with Crippen LogP contribution in [0.5, 0.6) is 0 Å². The SMILES string of the molecule is COCCN1CCN(C(=O)[C@H]2CCCN2c2nc(N)n3nc(-c4ccco4)nc3n2)CC1. The van der Waals surface area contributed by atoms with Crippen LogP contribution in [0.1, 0.15) is 12.8 Å². The second-order valence-corrected chi connectivity index (χ2v) is 8.02. The zero-order chi connectivity index (χ0) is 22.1. The first kappa shape index (κ1) is 20.6. The molecule has 2 N–H and O–H groups in total. The number of nitrogens with zero attached hydrogens (tertiary/aromatic N) is 8. The fourth-order valence-electron chi connectivity index (χ4n) is 4.32. The van der Waals surface area contributed by atoms with Crippen molar-refractivity contribution in [1.29, 1.82) is 0 Å². The maximum absolute atomic E-state index is 13.3. The van der Waals surface area contributed by atoms with Crippen LogP contribution in [0.15, 0.2) is 22.8 Å². The summed E-state index contributed by atoms with van der Waals surface area (Å²) in [7, 11) is 1.71. The second kappa shape index (κ2) is 8.71. The van der Waals surface area contributed by atoms with Gasteiger partial charge >= 0.3 is 0 Å². The third-order valence-corrected chi connectivity index (χ3v) is 6.05. The van der Waals surface area contributed by atoms with Crippen molar-refractivity contribution in [2.45, 2.75) is 18.9 Å². The Kier molecular flexibility index (Phi) is 5.62. The molecule has 0 radical (unpaired) electrons. The predicted octanol–water partition coefficient (Wildman–Crippen LogP) is 0.121. The fourth-order valence-corrected chi connectivity index (χ4v) is 4.32. The minimum Gasteiger partial charge on any atom is -0.461 e. The number of piperazine rings is 1. The summed E-state index contributed by atoms with van der Waals surface area (Å²) in [6, 6.07) is 3.23. The molecule has 32 heavy (non-hydrogen) atoms. The number of ether oxygens (including phenoxy) is 1. The van der Waals surface area contributed by atoms with Crippen molar-refractivity contribution < 1.29 is 13.9 Å². The molecule has 0 unspecified atom stereocenters. The van der Waals surface area contributed by atoms with Gasteiger partial charge in [0.05, 0.1) is 12.9 Å². The van der Waals surface area contributed by atoms with Gasteiger partial charge in [-0.2, -0.15) is 19.5 Å². The van der Waals surface area contributed by atoms with Gasteiger partial charge < -0.3 is 24.7 Å². The maximum atomic E-state index is 13.3. The molecule has 0 aromatic carbocycles. The highest BCUT2D eigenvalue weighted by molar-refractivity contribution is 5.85. The van der Waals surface area contributed by atoms with E-state index in [1.807, 2.05) is 9.80 Å². The number of nitrogens with two attached hydrogens (primary N) is 1. The molecule has 1 amide bonds. The molecule has 2 fully saturated rings. The summed E-state index contributed by atoms with van der Waals surface area (Å²) < 4.78 is 11.9. The minimum absolute atomic E-state index is 0.119. The third kappa shape index (κ3) is 3.86. The highest BCUT2D eigenvalue weighted by atomic mass is 16.5. The Morgan fingerprint density at radius 1 is 1.22 bits per heavy atom. The molecule has 0 saturated carbocycles. The van der Waals surface area contributed by atoms with Crippen LogP contribution in [-0.4, -0.2) is 99.3 Å². The molecule has 2 aliphatic heterocycles. The molecule has 5 rings (SSSR count). The molecule has 2 aliphatic rings. The summed E-state index contributed by atoms with van der Waals surface area (Å²) >= 11 is 0. The van der Waals surface area contributed by atoms with Gasteiger partial charge in [-0.1, -0.05) is 0 Å². The number of rotatable bonds is 6. The lowest BCUT2D eigenvalue weighted by Gasteiger charge is -2.37. The van der Waals surface area contributed by atoms with E-state index >= 15 is 0 Å². The number of carbonyl (C=O) groups is 1. The normalized spacial score (nSPS) is 19.8. The molecule has 1 atom stereocenters. The number of amides is 1. The number of anilines is 2. The molecule has 170 valence electrons. The van der Waals surface area contributed by atoms with Gasteiger partial charge in [-0.05, 0) is 25.0 Å². The summed E-state index contributed by atoms with van der Waals surface area (Å²) in [5.41, 5.74) is 6.15. The topological polar surface area (TPSA) is 131 Å². The van der Waals surface area contributed by atoms with Crippen molar-refractivity contribution in [1.82, 2.24) is 34.4 Å². The Labute approximate surface area is 185 Å². The van der Waals surface area contributed by atoms with Gasteiger partial charge in [-0.25, -0.2) is 0 Å². The van der Waals surface area contributed by atoms with Crippen molar-refractivity contribution in [2.24, 2.45) is 0 Å². The second-order valence-electron chi connectivity index (χ2n) is 8.02. The van der Waals surface area contributed by atoms with Crippen LogP contribution in [0.3, 0.4) is 0 Å². The van der Waals surface area contributed by atoms with Crippen molar-refractivity contribution in [3.05, 3.63) is 18.4 Å². The van der Waals surface area contributed by atoms with E-state index in [0.29, 0.717) is 49.6 Å². The van der Waals surface area contributed by atoms with Gasteiger partial charge in [0.15, 0.2) is 5.76 Å².